The third-order valence-corrected chi connectivity index (χ3v) is 5.63. The molecule has 192 valence electrons. The van der Waals surface area contributed by atoms with Crippen molar-refractivity contribution in [2.24, 2.45) is 0 Å². The number of aryl methyl sites for hydroxylation is 1. The molecule has 0 aromatic heterocycles. The van der Waals surface area contributed by atoms with E-state index < -0.39 is 11.7 Å². The fourth-order valence-electron chi connectivity index (χ4n) is 3.70. The summed E-state index contributed by atoms with van der Waals surface area (Å²) in [5.41, 5.74) is 9.04. The average Bonchev–Trinajstić information content (AvgIpc) is 3.61. The van der Waals surface area contributed by atoms with Crippen LogP contribution in [-0.2, 0) is 25.5 Å². The van der Waals surface area contributed by atoms with Crippen LogP contribution < -0.4 is 16.2 Å². The molecule has 0 heterocycles. The Balaban J connectivity index is 1.35. The number of hydrogen-bond acceptors (Lipinski definition) is 6. The zero-order valence-corrected chi connectivity index (χ0v) is 21.3. The van der Waals surface area contributed by atoms with E-state index in [0.29, 0.717) is 12.3 Å². The summed E-state index contributed by atoms with van der Waals surface area (Å²) in [4.78, 5) is 35.3. The summed E-state index contributed by atoms with van der Waals surface area (Å²) < 4.78 is 9.80. The van der Waals surface area contributed by atoms with Gasteiger partial charge in [0.2, 0.25) is 5.91 Å². The lowest BCUT2D eigenvalue weighted by Crippen LogP contribution is -2.42. The zero-order chi connectivity index (χ0) is 26.1. The van der Waals surface area contributed by atoms with E-state index in [4.69, 9.17) is 4.74 Å². The van der Waals surface area contributed by atoms with Gasteiger partial charge in [0, 0.05) is 30.1 Å². The van der Waals surface area contributed by atoms with Crippen LogP contribution in [0.3, 0.4) is 0 Å². The number of methoxy groups -OCH3 is 1. The molecule has 1 aliphatic carbocycles. The molecule has 0 saturated heterocycles. The lowest BCUT2D eigenvalue weighted by molar-refractivity contribution is -0.134. The summed E-state index contributed by atoms with van der Waals surface area (Å²) in [6, 6.07) is 15.9. The first kappa shape index (κ1) is 26.9. The van der Waals surface area contributed by atoms with Gasteiger partial charge in [-0.3, -0.25) is 10.2 Å². The van der Waals surface area contributed by atoms with Crippen LogP contribution in [0.5, 0.6) is 0 Å². The molecule has 2 aromatic carbocycles. The second kappa shape index (κ2) is 12.4. The second-order valence-electron chi connectivity index (χ2n) is 9.84. The first-order chi connectivity index (χ1) is 17.1. The monoisotopic (exact) mass is 493 g/mol. The molecule has 3 N–H and O–H groups in total. The van der Waals surface area contributed by atoms with Crippen molar-refractivity contribution < 1.29 is 23.9 Å². The molecule has 2 atom stereocenters. The Kier molecular flexibility index (Phi) is 9.25. The maximum atomic E-state index is 12.3. The van der Waals surface area contributed by atoms with Crippen molar-refractivity contribution in [2.75, 3.05) is 12.4 Å². The van der Waals surface area contributed by atoms with Crippen LogP contribution in [0.25, 0.3) is 6.08 Å². The smallest absolute Gasteiger partial charge is 0.422 e. The molecular formula is C28H35N3O5. The van der Waals surface area contributed by atoms with Crippen LogP contribution in [0.2, 0.25) is 0 Å². The molecular weight excluding hydrogens is 458 g/mol. The fourth-order valence-corrected chi connectivity index (χ4v) is 3.70. The lowest BCUT2D eigenvalue weighted by Gasteiger charge is -2.19. The van der Waals surface area contributed by atoms with Crippen molar-refractivity contribution in [3.05, 3.63) is 71.3 Å². The molecule has 0 spiro atoms. The maximum Gasteiger partial charge on any atom is 0.422 e. The predicted octanol–water partition coefficient (Wildman–Crippen LogP) is 4.72. The average molecular weight is 494 g/mol. The van der Waals surface area contributed by atoms with E-state index >= 15 is 0 Å². The number of esters is 1. The van der Waals surface area contributed by atoms with E-state index in [2.05, 4.69) is 20.9 Å². The molecule has 0 radical (unpaired) electrons. The minimum atomic E-state index is -0.536. The molecule has 0 aliphatic heterocycles. The number of hydrogen-bond donors (Lipinski definition) is 3. The SMILES string of the molecule is COC(=O)/C=C/c1ccc(CCCC(=O)Nc2ccc(C3CC3NNC(=O)OC(C)(C)C)cc2)cc1. The zero-order valence-electron chi connectivity index (χ0n) is 21.3. The van der Waals surface area contributed by atoms with E-state index in [1.165, 1.54) is 13.2 Å². The Morgan fingerprint density at radius 2 is 1.72 bits per heavy atom. The van der Waals surface area contributed by atoms with Crippen LogP contribution in [-0.4, -0.2) is 36.7 Å². The summed E-state index contributed by atoms with van der Waals surface area (Å²) >= 11 is 0. The number of anilines is 1. The summed E-state index contributed by atoms with van der Waals surface area (Å²) in [5, 5.41) is 2.95. The molecule has 1 fully saturated rings. The fraction of sp³-hybridized carbons (Fsp3) is 0.393. The molecule has 36 heavy (non-hydrogen) atoms. The van der Waals surface area contributed by atoms with Gasteiger partial charge in [-0.1, -0.05) is 36.4 Å². The number of hydrazine groups is 1. The molecule has 2 aromatic rings. The Morgan fingerprint density at radius 1 is 1.03 bits per heavy atom. The Bertz CT molecular complexity index is 1070. The predicted molar refractivity (Wildman–Crippen MR) is 139 cm³/mol. The van der Waals surface area contributed by atoms with Crippen molar-refractivity contribution in [1.82, 2.24) is 10.9 Å². The number of amides is 2. The third kappa shape index (κ3) is 9.19. The van der Waals surface area contributed by atoms with E-state index in [1.54, 1.807) is 6.08 Å². The van der Waals surface area contributed by atoms with Crippen LogP contribution >= 0.6 is 0 Å². The highest BCUT2D eigenvalue weighted by Gasteiger charge is 2.38. The van der Waals surface area contributed by atoms with Crippen LogP contribution in [0, 0.1) is 0 Å². The number of rotatable bonds is 10. The van der Waals surface area contributed by atoms with Gasteiger partial charge in [0.15, 0.2) is 0 Å². The lowest BCUT2D eigenvalue weighted by atomic mass is 10.1. The van der Waals surface area contributed by atoms with Gasteiger partial charge in [-0.05, 0) is 74.9 Å². The van der Waals surface area contributed by atoms with Gasteiger partial charge < -0.3 is 14.8 Å². The molecule has 2 amide bonds. The summed E-state index contributed by atoms with van der Waals surface area (Å²) in [6.07, 6.45) is 5.48. The number of benzene rings is 2. The van der Waals surface area contributed by atoms with Crippen molar-refractivity contribution in [3.63, 3.8) is 0 Å². The first-order valence-electron chi connectivity index (χ1n) is 12.1. The largest absolute Gasteiger partial charge is 0.466 e. The number of nitrogens with one attached hydrogen (secondary N) is 3. The number of carbonyl (C=O) groups is 3. The maximum absolute atomic E-state index is 12.3. The molecule has 3 rings (SSSR count). The summed E-state index contributed by atoms with van der Waals surface area (Å²) in [6.45, 7) is 5.46. The quantitative estimate of drug-likeness (QED) is 0.251. The van der Waals surface area contributed by atoms with Gasteiger partial charge in [-0.15, -0.1) is 0 Å². The normalized spacial score (nSPS) is 16.9. The standard InChI is InChI=1S/C28H35N3O5/c1-28(2,3)36-27(34)31-30-24-18-23(24)21-13-15-22(16-14-21)29-25(32)7-5-6-19-8-10-20(11-9-19)12-17-26(33)35-4/h8-17,23-24,30H,5-7,18H2,1-4H3,(H,29,32)(H,31,34)/b17-12+. The Labute approximate surface area is 212 Å². The van der Waals surface area contributed by atoms with E-state index in [-0.39, 0.29) is 17.9 Å². The van der Waals surface area contributed by atoms with Gasteiger partial charge in [-0.2, -0.15) is 0 Å². The highest BCUT2D eigenvalue weighted by atomic mass is 16.6. The van der Waals surface area contributed by atoms with Crippen molar-refractivity contribution >= 4 is 29.7 Å². The summed E-state index contributed by atoms with van der Waals surface area (Å²) in [5.74, 6) is -0.0963. The van der Waals surface area contributed by atoms with E-state index in [1.807, 2.05) is 69.3 Å². The van der Waals surface area contributed by atoms with Crippen molar-refractivity contribution in [2.45, 2.75) is 64.0 Å². The minimum Gasteiger partial charge on any atom is -0.466 e. The van der Waals surface area contributed by atoms with Gasteiger partial charge in [0.05, 0.1) is 7.11 Å². The van der Waals surface area contributed by atoms with Crippen LogP contribution in [0.4, 0.5) is 10.5 Å². The van der Waals surface area contributed by atoms with Gasteiger partial charge in [0.1, 0.15) is 5.60 Å². The Morgan fingerprint density at radius 3 is 2.36 bits per heavy atom. The van der Waals surface area contributed by atoms with Crippen LogP contribution in [0.15, 0.2) is 54.6 Å². The minimum absolute atomic E-state index is 0.0205. The van der Waals surface area contributed by atoms with Crippen LogP contribution in [0.1, 0.15) is 62.6 Å². The van der Waals surface area contributed by atoms with Gasteiger partial charge >= 0.3 is 12.1 Å². The highest BCUT2D eigenvalue weighted by molar-refractivity contribution is 5.90. The van der Waals surface area contributed by atoms with Crippen molar-refractivity contribution in [3.8, 4) is 0 Å². The van der Waals surface area contributed by atoms with E-state index in [0.717, 1.165) is 41.6 Å². The molecule has 8 nitrogen and oxygen atoms in total. The number of carbonyl (C=O) groups excluding carboxylic acids is 3. The molecule has 0 bridgehead atoms. The van der Waals surface area contributed by atoms with Crippen molar-refractivity contribution in [1.29, 1.82) is 0 Å². The summed E-state index contributed by atoms with van der Waals surface area (Å²) in [7, 11) is 1.35. The molecule has 2 unspecified atom stereocenters. The highest BCUT2D eigenvalue weighted by Crippen LogP contribution is 2.40. The number of ether oxygens (including phenoxy) is 2. The molecule has 1 aliphatic rings. The second-order valence-corrected chi connectivity index (χ2v) is 9.84. The van der Waals surface area contributed by atoms with Gasteiger partial charge in [0.25, 0.3) is 0 Å². The Hall–Kier alpha value is -3.65. The first-order valence-corrected chi connectivity index (χ1v) is 12.1. The van der Waals surface area contributed by atoms with Gasteiger partial charge in [-0.25, -0.2) is 15.0 Å². The molecule has 8 heteroatoms. The third-order valence-electron chi connectivity index (χ3n) is 5.63. The molecule has 1 saturated carbocycles. The van der Waals surface area contributed by atoms with E-state index in [9.17, 15) is 14.4 Å². The topological polar surface area (TPSA) is 106 Å².